The summed E-state index contributed by atoms with van der Waals surface area (Å²) < 4.78 is 27.6. The third kappa shape index (κ3) is 4.26. The van der Waals surface area contributed by atoms with E-state index in [1.54, 1.807) is 4.68 Å². The summed E-state index contributed by atoms with van der Waals surface area (Å²) in [5.41, 5.74) is 1.47. The molecule has 4 aliphatic rings. The normalized spacial score (nSPS) is 30.0. The summed E-state index contributed by atoms with van der Waals surface area (Å²) in [4.78, 5) is 27.1. The molecule has 162 valence electrons. The molecule has 3 unspecified atom stereocenters. The summed E-state index contributed by atoms with van der Waals surface area (Å²) >= 11 is 0. The molecule has 30 heavy (non-hydrogen) atoms. The van der Waals surface area contributed by atoms with Crippen LogP contribution in [0.5, 0.6) is 0 Å². The maximum atomic E-state index is 12.8. The summed E-state index contributed by atoms with van der Waals surface area (Å²) in [6.45, 7) is 0.617. The van der Waals surface area contributed by atoms with Crippen LogP contribution in [-0.2, 0) is 22.0 Å². The van der Waals surface area contributed by atoms with E-state index in [-0.39, 0.29) is 17.9 Å². The van der Waals surface area contributed by atoms with Gasteiger partial charge in [0.2, 0.25) is 0 Å². The molecule has 9 nitrogen and oxygen atoms in total. The lowest BCUT2D eigenvalue weighted by Gasteiger charge is -2.54. The molecule has 0 radical (unpaired) electrons. The molecule has 4 aliphatic heterocycles. The van der Waals surface area contributed by atoms with E-state index in [4.69, 9.17) is 4.55 Å². The molecule has 2 N–H and O–H groups in total. The van der Waals surface area contributed by atoms with Crippen molar-refractivity contribution < 1.29 is 22.6 Å². The summed E-state index contributed by atoms with van der Waals surface area (Å²) in [7, 11) is -1.80. The minimum Gasteiger partial charge on any atom is -0.348 e. The quantitative estimate of drug-likeness (QED) is 0.676. The van der Waals surface area contributed by atoms with Crippen molar-refractivity contribution in [1.29, 1.82) is 0 Å². The van der Waals surface area contributed by atoms with Crippen LogP contribution in [0.15, 0.2) is 24.3 Å². The number of amides is 1. The van der Waals surface area contributed by atoms with E-state index in [0.717, 1.165) is 36.6 Å². The van der Waals surface area contributed by atoms with Gasteiger partial charge < -0.3 is 5.32 Å². The minimum atomic E-state index is -3.67. The maximum Gasteiger partial charge on any atom is 0.272 e. The zero-order chi connectivity index (χ0) is 21.6. The number of carbonyl (C=O) groups excluding carboxylic acids is 2. The average molecular weight is 435 g/mol. The second-order valence-electron chi connectivity index (χ2n) is 8.48. The summed E-state index contributed by atoms with van der Waals surface area (Å²) in [6, 6.07) is 8.88. The van der Waals surface area contributed by atoms with Gasteiger partial charge in [0.15, 0.2) is 5.69 Å². The number of para-hydroxylation sites is 1. The van der Waals surface area contributed by atoms with E-state index in [9.17, 15) is 18.0 Å². The zero-order valence-corrected chi connectivity index (χ0v) is 17.8. The van der Waals surface area contributed by atoms with Crippen LogP contribution in [0.1, 0.15) is 36.2 Å². The van der Waals surface area contributed by atoms with Gasteiger partial charge in [-0.25, -0.2) is 0 Å². The Hall–Kier alpha value is -2.30. The molecule has 1 aromatic carbocycles. The number of nitrogens with zero attached hydrogens (tertiary/aromatic N) is 3. The summed E-state index contributed by atoms with van der Waals surface area (Å²) in [5.74, 6) is 0.587. The third-order valence-electron chi connectivity index (χ3n) is 6.27. The molecule has 1 aromatic heterocycles. The Morgan fingerprint density at radius 1 is 1.17 bits per heavy atom. The van der Waals surface area contributed by atoms with Crippen LogP contribution < -0.4 is 5.32 Å². The van der Waals surface area contributed by atoms with Gasteiger partial charge in [-0.05, 0) is 31.7 Å². The number of aromatic nitrogens is 2. The van der Waals surface area contributed by atoms with Gasteiger partial charge in [0.1, 0.15) is 5.78 Å². The molecule has 6 rings (SSSR count). The van der Waals surface area contributed by atoms with E-state index in [0.29, 0.717) is 36.4 Å². The number of carbonyl (C=O) groups is 2. The van der Waals surface area contributed by atoms with Crippen molar-refractivity contribution in [3.05, 3.63) is 30.0 Å². The van der Waals surface area contributed by atoms with Crippen LogP contribution >= 0.6 is 0 Å². The largest absolute Gasteiger partial charge is 0.348 e. The molecule has 5 atom stereocenters. The van der Waals surface area contributed by atoms with Gasteiger partial charge in [-0.1, -0.05) is 18.2 Å². The highest BCUT2D eigenvalue weighted by molar-refractivity contribution is 7.85. The van der Waals surface area contributed by atoms with Crippen LogP contribution in [0, 0.1) is 5.92 Å². The van der Waals surface area contributed by atoms with Crippen molar-refractivity contribution in [3.8, 4) is 0 Å². The first-order chi connectivity index (χ1) is 14.1. The predicted octanol–water partition coefficient (Wildman–Crippen LogP) is 1.00. The zero-order valence-electron chi connectivity index (χ0n) is 17.0. The number of hydrogen-bond donors (Lipinski definition) is 2. The number of nitrogens with one attached hydrogen (secondary N) is 1. The fraction of sp³-hybridized carbons (Fsp3) is 0.550. The van der Waals surface area contributed by atoms with E-state index >= 15 is 0 Å². The Bertz CT molecular complexity index is 1070. The lowest BCUT2D eigenvalue weighted by molar-refractivity contribution is -0.141. The number of piperidine rings is 4. The first-order valence-corrected chi connectivity index (χ1v) is 11.9. The molecule has 4 bridgehead atoms. The molecule has 5 heterocycles. The molecule has 2 aromatic rings. The van der Waals surface area contributed by atoms with Gasteiger partial charge in [0.05, 0.1) is 18.3 Å². The van der Waals surface area contributed by atoms with Crippen molar-refractivity contribution in [3.63, 3.8) is 0 Å². The number of fused-ring (bicyclic) bond motifs is 2. The minimum absolute atomic E-state index is 0.0852. The molecule has 0 spiro atoms. The second-order valence-corrected chi connectivity index (χ2v) is 9.94. The lowest BCUT2D eigenvalue weighted by atomic mass is 9.71. The monoisotopic (exact) mass is 434 g/mol. The Balaban J connectivity index is 0.000000393. The van der Waals surface area contributed by atoms with Crippen LogP contribution in [0.2, 0.25) is 0 Å². The number of benzene rings is 1. The Kier molecular flexibility index (Phi) is 5.41. The van der Waals surface area contributed by atoms with Gasteiger partial charge in [-0.15, -0.1) is 0 Å². The van der Waals surface area contributed by atoms with E-state index in [1.807, 2.05) is 31.3 Å². The molecule has 0 aliphatic carbocycles. The molecule has 4 saturated heterocycles. The smallest absolute Gasteiger partial charge is 0.272 e. The van der Waals surface area contributed by atoms with E-state index in [1.165, 1.54) is 0 Å². The second kappa shape index (κ2) is 7.75. The number of Topliss-reactive ketones (excluding diaryl/α,β-unsaturated/α-hetero) is 1. The first kappa shape index (κ1) is 21.0. The van der Waals surface area contributed by atoms with Crippen molar-refractivity contribution in [1.82, 2.24) is 20.0 Å². The van der Waals surface area contributed by atoms with E-state index < -0.39 is 10.1 Å². The maximum absolute atomic E-state index is 12.8. The summed E-state index contributed by atoms with van der Waals surface area (Å²) in [5, 5.41) is 8.53. The molecule has 4 fully saturated rings. The topological polar surface area (TPSA) is 122 Å². The number of ketones is 1. The highest BCUT2D eigenvalue weighted by atomic mass is 32.2. The van der Waals surface area contributed by atoms with Gasteiger partial charge >= 0.3 is 0 Å². The van der Waals surface area contributed by atoms with Crippen molar-refractivity contribution in [2.75, 3.05) is 12.8 Å². The van der Waals surface area contributed by atoms with Crippen LogP contribution in [0.3, 0.4) is 0 Å². The van der Waals surface area contributed by atoms with Gasteiger partial charge in [-0.2, -0.15) is 13.5 Å². The predicted molar refractivity (Wildman–Crippen MR) is 111 cm³/mol. The van der Waals surface area contributed by atoms with Gasteiger partial charge in [0, 0.05) is 36.5 Å². The van der Waals surface area contributed by atoms with Crippen LogP contribution in [-0.4, -0.2) is 70.3 Å². The fourth-order valence-electron chi connectivity index (χ4n) is 5.12. The van der Waals surface area contributed by atoms with Crippen molar-refractivity contribution in [2.24, 2.45) is 13.0 Å². The van der Waals surface area contributed by atoms with E-state index in [2.05, 4.69) is 15.3 Å². The van der Waals surface area contributed by atoms with Gasteiger partial charge in [-0.3, -0.25) is 23.7 Å². The van der Waals surface area contributed by atoms with Crippen LogP contribution in [0.25, 0.3) is 10.9 Å². The van der Waals surface area contributed by atoms with Crippen molar-refractivity contribution >= 4 is 32.7 Å². The molecular formula is C20H26N4O5S. The third-order valence-corrected chi connectivity index (χ3v) is 6.27. The number of rotatable bonds is 2. The van der Waals surface area contributed by atoms with Crippen LogP contribution in [0.4, 0.5) is 0 Å². The lowest BCUT2D eigenvalue weighted by Crippen LogP contribution is -2.64. The Labute approximate surface area is 175 Å². The molecular weight excluding hydrogens is 408 g/mol. The average Bonchev–Trinajstić information content (AvgIpc) is 2.98. The summed E-state index contributed by atoms with van der Waals surface area (Å²) in [6.07, 6.45) is 4.53. The Morgan fingerprint density at radius 2 is 1.77 bits per heavy atom. The first-order valence-electron chi connectivity index (χ1n) is 10.0. The highest BCUT2D eigenvalue weighted by Crippen LogP contribution is 2.41. The fourth-order valence-corrected chi connectivity index (χ4v) is 5.12. The van der Waals surface area contributed by atoms with Gasteiger partial charge in [0.25, 0.3) is 16.0 Å². The SMILES string of the molecule is CS(=O)(=O)O.Cn1nc(C(=O)NC2CC3C[C@@H]4C[C@H](C2)N3CC4=O)c2ccccc21. The highest BCUT2D eigenvalue weighted by Gasteiger charge is 2.48. The van der Waals surface area contributed by atoms with Crippen molar-refractivity contribution in [2.45, 2.75) is 43.8 Å². The Morgan fingerprint density at radius 3 is 2.37 bits per heavy atom. The standard InChI is InChI=1S/C19H22N4O2.CH4O3S/c1-22-16-5-3-2-4-15(16)18(21-22)19(25)20-12-8-13-6-11-7-14(9-12)23(13)10-17(11)24;1-5(2,3)4/h2-5,11-14H,6-10H2,1H3,(H,20,25);1H3,(H,2,3,4)/t11-,12?,13+,14?;/m0./s1. The molecule has 0 saturated carbocycles. The molecule has 1 amide bonds. The number of aryl methyl sites for hydroxylation is 1. The molecule has 10 heteroatoms. The number of hydrogen-bond acceptors (Lipinski definition) is 6.